The molecule has 4 heterocycles. The number of imidazole rings is 1. The summed E-state index contributed by atoms with van der Waals surface area (Å²) in [6, 6.07) is 8.09. The number of aromatic nitrogens is 4. The maximum absolute atomic E-state index is 5.51. The second kappa shape index (κ2) is 8.17. The minimum Gasteiger partial charge on any atom is -0.497 e. The SMILES string of the molecule is COc1ccc(CSc2nc(N3CCOCC3)c3ncn(CC4CO4)c3n2)cc1. The Morgan fingerprint density at radius 1 is 1.17 bits per heavy atom. The molecule has 2 aliphatic heterocycles. The Bertz CT molecular complexity index is 984. The van der Waals surface area contributed by atoms with Gasteiger partial charge in [-0.3, -0.25) is 0 Å². The van der Waals surface area contributed by atoms with Gasteiger partial charge in [0.1, 0.15) is 5.75 Å². The largest absolute Gasteiger partial charge is 0.497 e. The minimum absolute atomic E-state index is 0.268. The van der Waals surface area contributed by atoms with E-state index >= 15 is 0 Å². The summed E-state index contributed by atoms with van der Waals surface area (Å²) >= 11 is 1.63. The number of ether oxygens (including phenoxy) is 3. The number of methoxy groups -OCH3 is 1. The number of hydrogen-bond acceptors (Lipinski definition) is 8. The van der Waals surface area contributed by atoms with E-state index in [1.165, 1.54) is 5.56 Å². The van der Waals surface area contributed by atoms with E-state index in [1.54, 1.807) is 18.9 Å². The average molecular weight is 414 g/mol. The number of hydrogen-bond donors (Lipinski definition) is 0. The molecular weight excluding hydrogens is 390 g/mol. The highest BCUT2D eigenvalue weighted by molar-refractivity contribution is 7.98. The molecule has 0 amide bonds. The van der Waals surface area contributed by atoms with Gasteiger partial charge in [0.15, 0.2) is 22.1 Å². The minimum atomic E-state index is 0.268. The highest BCUT2D eigenvalue weighted by Gasteiger charge is 2.26. The summed E-state index contributed by atoms with van der Waals surface area (Å²) in [6.45, 7) is 4.62. The maximum Gasteiger partial charge on any atom is 0.191 e. The molecule has 0 spiro atoms. The Labute approximate surface area is 173 Å². The van der Waals surface area contributed by atoms with Crippen LogP contribution in [0.4, 0.5) is 5.82 Å². The van der Waals surface area contributed by atoms with Gasteiger partial charge in [-0.15, -0.1) is 0 Å². The van der Waals surface area contributed by atoms with Crippen molar-refractivity contribution < 1.29 is 14.2 Å². The second-order valence-electron chi connectivity index (χ2n) is 7.09. The number of epoxide rings is 1. The van der Waals surface area contributed by atoms with Crippen LogP contribution < -0.4 is 9.64 Å². The molecule has 9 heteroatoms. The van der Waals surface area contributed by atoms with Gasteiger partial charge in [0.05, 0.1) is 45.9 Å². The number of fused-ring (bicyclic) bond motifs is 1. The first-order chi connectivity index (χ1) is 14.3. The smallest absolute Gasteiger partial charge is 0.191 e. The van der Waals surface area contributed by atoms with Crippen molar-refractivity contribution in [3.63, 3.8) is 0 Å². The predicted octanol–water partition coefficient (Wildman–Crippen LogP) is 2.36. The fourth-order valence-electron chi connectivity index (χ4n) is 3.37. The summed E-state index contributed by atoms with van der Waals surface area (Å²) in [5.41, 5.74) is 2.92. The van der Waals surface area contributed by atoms with Crippen LogP contribution >= 0.6 is 11.8 Å². The van der Waals surface area contributed by atoms with Crippen molar-refractivity contribution >= 4 is 28.7 Å². The fraction of sp³-hybridized carbons (Fsp3) is 0.450. The molecule has 0 saturated carbocycles. The molecule has 1 atom stereocenters. The zero-order valence-electron chi connectivity index (χ0n) is 16.3. The lowest BCUT2D eigenvalue weighted by Gasteiger charge is -2.28. The van der Waals surface area contributed by atoms with Gasteiger partial charge in [-0.25, -0.2) is 15.0 Å². The van der Waals surface area contributed by atoms with Crippen LogP contribution in [0, 0.1) is 0 Å². The number of benzene rings is 1. The second-order valence-corrected chi connectivity index (χ2v) is 8.03. The van der Waals surface area contributed by atoms with Gasteiger partial charge >= 0.3 is 0 Å². The van der Waals surface area contributed by atoms with Crippen molar-refractivity contribution in [2.24, 2.45) is 0 Å². The molecule has 2 aliphatic rings. The molecule has 152 valence electrons. The molecule has 2 saturated heterocycles. The Morgan fingerprint density at radius 3 is 2.69 bits per heavy atom. The van der Waals surface area contributed by atoms with Crippen LogP contribution in [0.25, 0.3) is 11.2 Å². The van der Waals surface area contributed by atoms with E-state index in [-0.39, 0.29) is 6.10 Å². The maximum atomic E-state index is 5.51. The van der Waals surface area contributed by atoms with E-state index < -0.39 is 0 Å². The van der Waals surface area contributed by atoms with E-state index in [4.69, 9.17) is 24.2 Å². The summed E-state index contributed by atoms with van der Waals surface area (Å²) in [5.74, 6) is 2.54. The lowest BCUT2D eigenvalue weighted by molar-refractivity contribution is 0.122. The predicted molar refractivity (Wildman–Crippen MR) is 111 cm³/mol. The van der Waals surface area contributed by atoms with Crippen molar-refractivity contribution in [1.29, 1.82) is 0 Å². The van der Waals surface area contributed by atoms with Crippen LogP contribution in [-0.4, -0.2) is 65.6 Å². The van der Waals surface area contributed by atoms with Crippen LogP contribution in [-0.2, 0) is 21.8 Å². The van der Waals surface area contributed by atoms with Crippen LogP contribution in [0.3, 0.4) is 0 Å². The summed E-state index contributed by atoms with van der Waals surface area (Å²) in [6.07, 6.45) is 2.12. The molecule has 0 bridgehead atoms. The zero-order valence-corrected chi connectivity index (χ0v) is 17.1. The molecule has 2 aromatic heterocycles. The van der Waals surface area contributed by atoms with Crippen LogP contribution in [0.1, 0.15) is 5.56 Å². The molecule has 1 aromatic carbocycles. The van der Waals surface area contributed by atoms with Crippen molar-refractivity contribution in [2.45, 2.75) is 23.6 Å². The molecule has 1 unspecified atom stereocenters. The van der Waals surface area contributed by atoms with E-state index in [0.717, 1.165) is 59.9 Å². The van der Waals surface area contributed by atoms with E-state index in [9.17, 15) is 0 Å². The Morgan fingerprint density at radius 2 is 1.97 bits per heavy atom. The van der Waals surface area contributed by atoms with Crippen LogP contribution in [0.5, 0.6) is 5.75 Å². The van der Waals surface area contributed by atoms with E-state index in [0.29, 0.717) is 13.2 Å². The number of nitrogens with zero attached hydrogens (tertiary/aromatic N) is 5. The van der Waals surface area contributed by atoms with Gasteiger partial charge in [0.2, 0.25) is 0 Å². The fourth-order valence-corrected chi connectivity index (χ4v) is 4.16. The highest BCUT2D eigenvalue weighted by atomic mass is 32.2. The van der Waals surface area contributed by atoms with Gasteiger partial charge in [-0.2, -0.15) is 0 Å². The quantitative estimate of drug-likeness (QED) is 0.332. The Hall–Kier alpha value is -2.36. The van der Waals surface area contributed by atoms with Gasteiger partial charge in [0.25, 0.3) is 0 Å². The zero-order chi connectivity index (χ0) is 19.6. The molecule has 3 aromatic rings. The van der Waals surface area contributed by atoms with Crippen LogP contribution in [0.15, 0.2) is 35.7 Å². The first-order valence-corrected chi connectivity index (χ1v) is 10.7. The van der Waals surface area contributed by atoms with Crippen molar-refractivity contribution in [3.8, 4) is 5.75 Å². The van der Waals surface area contributed by atoms with Crippen LogP contribution in [0.2, 0.25) is 0 Å². The lowest BCUT2D eigenvalue weighted by Crippen LogP contribution is -2.37. The summed E-state index contributed by atoms with van der Waals surface area (Å²) in [7, 11) is 1.68. The highest BCUT2D eigenvalue weighted by Crippen LogP contribution is 2.29. The Kier molecular flexibility index (Phi) is 5.26. The normalized spacial score (nSPS) is 18.9. The number of thioether (sulfide) groups is 1. The molecule has 0 aliphatic carbocycles. The van der Waals surface area contributed by atoms with Crippen molar-refractivity contribution in [1.82, 2.24) is 19.5 Å². The van der Waals surface area contributed by atoms with Gasteiger partial charge in [-0.1, -0.05) is 23.9 Å². The molecular formula is C20H23N5O3S. The van der Waals surface area contributed by atoms with E-state index in [2.05, 4.69) is 26.6 Å². The van der Waals surface area contributed by atoms with Gasteiger partial charge in [0, 0.05) is 18.8 Å². The summed E-state index contributed by atoms with van der Waals surface area (Å²) in [4.78, 5) is 16.6. The van der Waals surface area contributed by atoms with E-state index in [1.807, 2.05) is 18.5 Å². The molecule has 5 rings (SSSR count). The summed E-state index contributed by atoms with van der Waals surface area (Å²) in [5, 5.41) is 0.758. The number of anilines is 1. The first-order valence-electron chi connectivity index (χ1n) is 9.73. The third-order valence-electron chi connectivity index (χ3n) is 5.07. The first kappa shape index (κ1) is 18.7. The van der Waals surface area contributed by atoms with Gasteiger partial charge < -0.3 is 23.7 Å². The third-order valence-corrected chi connectivity index (χ3v) is 5.98. The molecule has 29 heavy (non-hydrogen) atoms. The molecule has 8 nitrogen and oxygen atoms in total. The number of rotatable bonds is 7. The standard InChI is InChI=1S/C20H23N5O3S/c1-26-15-4-2-14(3-5-15)12-29-20-22-18(24-6-8-27-9-7-24)17-19(23-20)25(13-21-17)10-16-11-28-16/h2-5,13,16H,6-12H2,1H3. The molecule has 0 N–H and O–H groups in total. The number of morpholine rings is 1. The van der Waals surface area contributed by atoms with Crippen molar-refractivity contribution in [3.05, 3.63) is 36.2 Å². The average Bonchev–Trinajstić information content (AvgIpc) is 3.51. The summed E-state index contributed by atoms with van der Waals surface area (Å²) < 4.78 is 18.2. The molecule has 2 fully saturated rings. The topological polar surface area (TPSA) is 77.8 Å². The lowest BCUT2D eigenvalue weighted by atomic mass is 10.2. The third kappa shape index (κ3) is 4.17. The molecule has 0 radical (unpaired) electrons. The van der Waals surface area contributed by atoms with Crippen molar-refractivity contribution in [2.75, 3.05) is 44.9 Å². The Balaban J connectivity index is 1.44. The van der Waals surface area contributed by atoms with Gasteiger partial charge in [-0.05, 0) is 17.7 Å². The monoisotopic (exact) mass is 413 g/mol.